The van der Waals surface area contributed by atoms with Crippen molar-refractivity contribution in [1.29, 1.82) is 0 Å². The Hall–Kier alpha value is -4.39. The number of rotatable bonds is 6. The van der Waals surface area contributed by atoms with Crippen molar-refractivity contribution < 1.29 is 23.9 Å². The second kappa shape index (κ2) is 10.4. The van der Waals surface area contributed by atoms with E-state index in [1.165, 1.54) is 4.57 Å². The molecule has 1 atom stereocenters. The Kier molecular flexibility index (Phi) is 7.00. The summed E-state index contributed by atoms with van der Waals surface area (Å²) in [5, 5.41) is 3.51. The maximum Gasteiger partial charge on any atom is 0.419 e. The van der Waals surface area contributed by atoms with E-state index < -0.39 is 23.8 Å². The zero-order valence-corrected chi connectivity index (χ0v) is 22.6. The number of fused-ring (bicyclic) bond motifs is 4. The van der Waals surface area contributed by atoms with E-state index in [0.29, 0.717) is 11.8 Å². The quantitative estimate of drug-likeness (QED) is 0.296. The largest absolute Gasteiger partial charge is 0.449 e. The Morgan fingerprint density at radius 3 is 2.23 bits per heavy atom. The molecule has 200 valence electrons. The number of para-hydroxylation sites is 1. The van der Waals surface area contributed by atoms with Gasteiger partial charge < -0.3 is 19.6 Å². The number of benzene rings is 3. The monoisotopic (exact) mass is 524 g/mol. The molecule has 0 radical (unpaired) electrons. The van der Waals surface area contributed by atoms with Gasteiger partial charge in [0.2, 0.25) is 0 Å². The predicted octanol–water partition coefficient (Wildman–Crippen LogP) is 6.38. The van der Waals surface area contributed by atoms with Gasteiger partial charge in [0.25, 0.3) is 0 Å². The van der Waals surface area contributed by atoms with Crippen molar-refractivity contribution in [2.75, 3.05) is 6.61 Å². The molecule has 0 spiro atoms. The third-order valence-electron chi connectivity index (χ3n) is 6.95. The lowest BCUT2D eigenvalue weighted by molar-refractivity contribution is -0.109. The molecule has 1 heterocycles. The van der Waals surface area contributed by atoms with Crippen LogP contribution < -0.4 is 5.32 Å². The number of carbonyl (C=O) groups is 3. The average Bonchev–Trinajstić information content (AvgIpc) is 3.43. The molecule has 1 aromatic heterocycles. The normalized spacial score (nSPS) is 13.4. The smallest absolute Gasteiger partial charge is 0.419 e. The van der Waals surface area contributed by atoms with Crippen molar-refractivity contribution in [1.82, 2.24) is 9.88 Å². The molecular formula is C32H32N2O5. The molecule has 0 bridgehead atoms. The van der Waals surface area contributed by atoms with E-state index in [1.807, 2.05) is 70.2 Å². The van der Waals surface area contributed by atoms with E-state index in [2.05, 4.69) is 29.6 Å². The van der Waals surface area contributed by atoms with Gasteiger partial charge in [-0.3, -0.25) is 4.57 Å². The van der Waals surface area contributed by atoms with Gasteiger partial charge in [-0.25, -0.2) is 9.59 Å². The van der Waals surface area contributed by atoms with Gasteiger partial charge in [0.15, 0.2) is 0 Å². The number of carbonyl (C=O) groups excluding carboxylic acids is 3. The minimum atomic E-state index is -0.834. The molecule has 5 rings (SSSR count). The summed E-state index contributed by atoms with van der Waals surface area (Å²) >= 11 is 0. The molecule has 7 nitrogen and oxygen atoms in total. The summed E-state index contributed by atoms with van der Waals surface area (Å²) in [7, 11) is 0. The van der Waals surface area contributed by atoms with E-state index in [1.54, 1.807) is 6.20 Å². The molecule has 0 saturated heterocycles. The van der Waals surface area contributed by atoms with Gasteiger partial charge >= 0.3 is 12.2 Å². The van der Waals surface area contributed by atoms with Gasteiger partial charge in [0, 0.05) is 23.9 Å². The summed E-state index contributed by atoms with van der Waals surface area (Å²) in [6.07, 6.45) is 1.40. The maximum absolute atomic E-state index is 12.9. The lowest BCUT2D eigenvalue weighted by Crippen LogP contribution is -2.38. The number of amides is 1. The van der Waals surface area contributed by atoms with Crippen LogP contribution in [0.2, 0.25) is 0 Å². The number of aldehydes is 1. The number of ether oxygens (including phenoxy) is 2. The van der Waals surface area contributed by atoms with Gasteiger partial charge in [0.1, 0.15) is 18.5 Å². The first kappa shape index (κ1) is 26.2. The van der Waals surface area contributed by atoms with Gasteiger partial charge in [-0.15, -0.1) is 0 Å². The van der Waals surface area contributed by atoms with Crippen LogP contribution in [-0.2, 0) is 20.7 Å². The highest BCUT2D eigenvalue weighted by molar-refractivity contribution is 5.94. The molecular weight excluding hydrogens is 492 g/mol. The van der Waals surface area contributed by atoms with Crippen molar-refractivity contribution in [2.45, 2.75) is 51.7 Å². The third-order valence-corrected chi connectivity index (χ3v) is 6.95. The molecule has 0 aliphatic heterocycles. The minimum absolute atomic E-state index is 0.0763. The highest BCUT2D eigenvalue weighted by Gasteiger charge is 2.29. The van der Waals surface area contributed by atoms with Gasteiger partial charge in [-0.1, -0.05) is 66.7 Å². The van der Waals surface area contributed by atoms with Crippen LogP contribution >= 0.6 is 0 Å². The number of hydrogen-bond acceptors (Lipinski definition) is 5. The van der Waals surface area contributed by atoms with Crippen LogP contribution in [0.4, 0.5) is 9.59 Å². The van der Waals surface area contributed by atoms with Crippen molar-refractivity contribution in [3.8, 4) is 11.1 Å². The van der Waals surface area contributed by atoms with Gasteiger partial charge in [-0.05, 0) is 61.1 Å². The summed E-state index contributed by atoms with van der Waals surface area (Å²) in [6, 6.07) is 21.1. The van der Waals surface area contributed by atoms with Crippen LogP contribution in [0.1, 0.15) is 48.9 Å². The molecule has 1 amide bonds. The highest BCUT2D eigenvalue weighted by Crippen LogP contribution is 2.44. The second-order valence-electron chi connectivity index (χ2n) is 10.9. The Labute approximate surface area is 227 Å². The van der Waals surface area contributed by atoms with E-state index in [9.17, 15) is 14.4 Å². The summed E-state index contributed by atoms with van der Waals surface area (Å²) in [5.41, 5.74) is 6.22. The van der Waals surface area contributed by atoms with E-state index >= 15 is 0 Å². The molecule has 1 aliphatic carbocycles. The Balaban J connectivity index is 1.31. The number of aromatic nitrogens is 1. The lowest BCUT2D eigenvalue weighted by atomic mass is 9.98. The van der Waals surface area contributed by atoms with Crippen molar-refractivity contribution in [3.63, 3.8) is 0 Å². The van der Waals surface area contributed by atoms with Crippen LogP contribution in [0.25, 0.3) is 22.0 Å². The first-order valence-corrected chi connectivity index (χ1v) is 13.1. The minimum Gasteiger partial charge on any atom is -0.449 e. The number of hydrogen-bond donors (Lipinski definition) is 1. The molecule has 0 saturated carbocycles. The van der Waals surface area contributed by atoms with Crippen LogP contribution in [-0.4, -0.2) is 41.3 Å². The van der Waals surface area contributed by atoms with Crippen LogP contribution in [0, 0.1) is 6.92 Å². The molecule has 1 N–H and O–H groups in total. The molecule has 4 aromatic rings. The number of aryl methyl sites for hydroxylation is 1. The molecule has 3 aromatic carbocycles. The zero-order valence-electron chi connectivity index (χ0n) is 22.6. The Morgan fingerprint density at radius 2 is 1.62 bits per heavy atom. The molecule has 39 heavy (non-hydrogen) atoms. The number of nitrogens with zero attached hydrogens (tertiary/aromatic N) is 1. The van der Waals surface area contributed by atoms with Crippen LogP contribution in [0.15, 0.2) is 72.9 Å². The Bertz CT molecular complexity index is 1520. The topological polar surface area (TPSA) is 86.6 Å². The van der Waals surface area contributed by atoms with Crippen LogP contribution in [0.3, 0.4) is 0 Å². The molecule has 7 heteroatoms. The fourth-order valence-corrected chi connectivity index (χ4v) is 5.31. The van der Waals surface area contributed by atoms with Gasteiger partial charge in [-0.2, -0.15) is 0 Å². The highest BCUT2D eigenvalue weighted by atomic mass is 16.6. The van der Waals surface area contributed by atoms with E-state index in [0.717, 1.165) is 38.8 Å². The van der Waals surface area contributed by atoms with Crippen molar-refractivity contribution >= 4 is 29.4 Å². The molecule has 1 unspecified atom stereocenters. The summed E-state index contributed by atoms with van der Waals surface area (Å²) in [6.45, 7) is 7.50. The van der Waals surface area contributed by atoms with E-state index in [4.69, 9.17) is 9.47 Å². The van der Waals surface area contributed by atoms with Crippen LogP contribution in [0.5, 0.6) is 0 Å². The SMILES string of the molecule is Cc1cccc2c(CC(C=O)NC(=O)OCC3c4ccccc4-c4ccccc43)cn(C(=O)OC(C)(C)C)c12. The fraction of sp³-hybridized carbons (Fsp3) is 0.281. The maximum atomic E-state index is 12.9. The standard InChI is InChI=1S/C32H32N2O5/c1-20-10-9-15-23-21(17-34(29(20)23)31(37)39-32(2,3)4)16-22(18-35)33-30(36)38-19-28-26-13-7-5-11-24(26)25-12-6-8-14-27(25)28/h5-15,17-18,22,28H,16,19H2,1-4H3,(H,33,36). The fourth-order valence-electron chi connectivity index (χ4n) is 5.31. The second-order valence-corrected chi connectivity index (χ2v) is 10.9. The van der Waals surface area contributed by atoms with Crippen molar-refractivity contribution in [3.05, 3.63) is 95.2 Å². The third kappa shape index (κ3) is 5.30. The first-order chi connectivity index (χ1) is 18.7. The Morgan fingerprint density at radius 1 is 0.974 bits per heavy atom. The van der Waals surface area contributed by atoms with Gasteiger partial charge in [0.05, 0.1) is 11.6 Å². The summed E-state index contributed by atoms with van der Waals surface area (Å²) in [5.74, 6) is -0.0763. The molecule has 1 aliphatic rings. The van der Waals surface area contributed by atoms with Crippen molar-refractivity contribution in [2.24, 2.45) is 0 Å². The molecule has 0 fully saturated rings. The predicted molar refractivity (Wildman–Crippen MR) is 150 cm³/mol. The summed E-state index contributed by atoms with van der Waals surface area (Å²) in [4.78, 5) is 37.7. The van der Waals surface area contributed by atoms with E-state index in [-0.39, 0.29) is 18.9 Å². The average molecular weight is 525 g/mol. The number of nitrogens with one attached hydrogen (secondary N) is 1. The first-order valence-electron chi connectivity index (χ1n) is 13.1. The zero-order chi connectivity index (χ0) is 27.7. The number of alkyl carbamates (subject to hydrolysis) is 1. The summed E-state index contributed by atoms with van der Waals surface area (Å²) < 4.78 is 12.7. The lowest BCUT2D eigenvalue weighted by Gasteiger charge is -2.20.